The minimum atomic E-state index is -4.70. The molecule has 2 N–H and O–H groups in total. The van der Waals surface area contributed by atoms with E-state index in [9.17, 15) is 18.0 Å². The van der Waals surface area contributed by atoms with Gasteiger partial charge in [0.25, 0.3) is 5.91 Å². The number of amides is 1. The summed E-state index contributed by atoms with van der Waals surface area (Å²) in [5.41, 5.74) is -1.72. The van der Waals surface area contributed by atoms with Gasteiger partial charge in [-0.25, -0.2) is 4.98 Å². The van der Waals surface area contributed by atoms with Crippen LogP contribution < -0.4 is 5.32 Å². The van der Waals surface area contributed by atoms with Gasteiger partial charge >= 0.3 is 6.18 Å². The molecule has 0 saturated carbocycles. The van der Waals surface area contributed by atoms with E-state index in [2.05, 4.69) is 20.5 Å². The van der Waals surface area contributed by atoms with Gasteiger partial charge < -0.3 is 5.32 Å². The number of anilines is 1. The van der Waals surface area contributed by atoms with Crippen molar-refractivity contribution in [1.82, 2.24) is 15.2 Å². The maximum absolute atomic E-state index is 12.9. The number of nitrogens with one attached hydrogen (secondary N) is 2. The number of carbonyl (C=O) groups excluding carboxylic acids is 1. The number of rotatable bonds is 2. The number of carbonyl (C=O) groups is 1. The second-order valence-electron chi connectivity index (χ2n) is 3.66. The van der Waals surface area contributed by atoms with Crippen molar-refractivity contribution in [3.63, 3.8) is 0 Å². The van der Waals surface area contributed by atoms with E-state index in [1.54, 1.807) is 6.07 Å². The average Bonchev–Trinajstić information content (AvgIpc) is 2.91. The van der Waals surface area contributed by atoms with E-state index in [0.717, 1.165) is 12.4 Å². The summed E-state index contributed by atoms with van der Waals surface area (Å²) in [5.74, 6) is -1.08. The Morgan fingerprint density at radius 1 is 1.40 bits per heavy atom. The maximum Gasteiger partial charge on any atom is 0.418 e. The lowest BCUT2D eigenvalue weighted by atomic mass is 10.1. The summed E-state index contributed by atoms with van der Waals surface area (Å²) in [4.78, 5) is 15.2. The fourth-order valence-electron chi connectivity index (χ4n) is 1.45. The van der Waals surface area contributed by atoms with Crippen LogP contribution in [0.4, 0.5) is 18.9 Å². The van der Waals surface area contributed by atoms with Crippen molar-refractivity contribution >= 4 is 11.6 Å². The molecular weight excluding hydrogens is 275 g/mol. The summed E-state index contributed by atoms with van der Waals surface area (Å²) in [7, 11) is 0. The van der Waals surface area contributed by atoms with Crippen molar-refractivity contribution in [3.8, 4) is 6.07 Å². The third kappa shape index (κ3) is 2.74. The predicted molar refractivity (Wildman–Crippen MR) is 60.5 cm³/mol. The number of nitriles is 1. The fourth-order valence-corrected chi connectivity index (χ4v) is 1.45. The van der Waals surface area contributed by atoms with Crippen molar-refractivity contribution in [3.05, 3.63) is 41.5 Å². The Morgan fingerprint density at radius 2 is 2.15 bits per heavy atom. The highest BCUT2D eigenvalue weighted by atomic mass is 19.4. The normalized spacial score (nSPS) is 10.9. The number of halogens is 3. The lowest BCUT2D eigenvalue weighted by Gasteiger charge is -2.13. The lowest BCUT2D eigenvalue weighted by Crippen LogP contribution is -2.18. The highest BCUT2D eigenvalue weighted by Gasteiger charge is 2.34. The molecule has 1 heterocycles. The van der Waals surface area contributed by atoms with Gasteiger partial charge in [0.15, 0.2) is 0 Å². The third-order valence-electron chi connectivity index (χ3n) is 2.33. The predicted octanol–water partition coefficient (Wildman–Crippen LogP) is 1.95. The zero-order valence-electron chi connectivity index (χ0n) is 9.69. The number of benzene rings is 1. The minimum Gasteiger partial charge on any atom is -0.319 e. The van der Waals surface area contributed by atoms with Crippen molar-refractivity contribution in [2.45, 2.75) is 6.18 Å². The molecule has 1 amide bonds. The summed E-state index contributed by atoms with van der Waals surface area (Å²) in [5, 5.41) is 16.3. The molecule has 0 aliphatic carbocycles. The van der Waals surface area contributed by atoms with E-state index >= 15 is 0 Å². The molecular formula is C11H6F3N5O. The SMILES string of the molecule is N#Cc1ccc(NC(=O)c2ncn[nH]2)c(C(F)(F)F)c1. The molecule has 0 fully saturated rings. The number of hydrogen-bond donors (Lipinski definition) is 2. The molecule has 0 spiro atoms. The molecule has 20 heavy (non-hydrogen) atoms. The summed E-state index contributed by atoms with van der Waals surface area (Å²) in [6.45, 7) is 0. The van der Waals surface area contributed by atoms with Gasteiger partial charge in [-0.05, 0) is 18.2 Å². The maximum atomic E-state index is 12.9. The number of aromatic nitrogens is 3. The van der Waals surface area contributed by atoms with Crippen LogP contribution in [0.15, 0.2) is 24.5 Å². The molecule has 2 aromatic rings. The van der Waals surface area contributed by atoms with Crippen LogP contribution in [0.25, 0.3) is 0 Å². The molecule has 0 unspecified atom stereocenters. The lowest BCUT2D eigenvalue weighted by molar-refractivity contribution is -0.136. The number of hydrogen-bond acceptors (Lipinski definition) is 4. The quantitative estimate of drug-likeness (QED) is 0.879. The zero-order valence-corrected chi connectivity index (χ0v) is 9.69. The summed E-state index contributed by atoms with van der Waals surface area (Å²) < 4.78 is 38.6. The van der Waals surface area contributed by atoms with Gasteiger partial charge in [-0.2, -0.15) is 23.5 Å². The first-order valence-corrected chi connectivity index (χ1v) is 5.20. The summed E-state index contributed by atoms with van der Waals surface area (Å²) in [6.07, 6.45) is -3.64. The van der Waals surface area contributed by atoms with Gasteiger partial charge in [-0.1, -0.05) is 0 Å². The molecule has 0 aliphatic rings. The molecule has 0 atom stereocenters. The highest BCUT2D eigenvalue weighted by Crippen LogP contribution is 2.35. The van der Waals surface area contributed by atoms with Crippen LogP contribution in [0.1, 0.15) is 21.7 Å². The van der Waals surface area contributed by atoms with Crippen LogP contribution in [-0.4, -0.2) is 21.1 Å². The van der Waals surface area contributed by atoms with Crippen LogP contribution in [-0.2, 0) is 6.18 Å². The number of aromatic amines is 1. The van der Waals surface area contributed by atoms with Crippen molar-refractivity contribution < 1.29 is 18.0 Å². The van der Waals surface area contributed by atoms with Gasteiger partial charge in [-0.15, -0.1) is 0 Å². The van der Waals surface area contributed by atoms with Gasteiger partial charge in [0.1, 0.15) is 6.33 Å². The second kappa shape index (κ2) is 5.00. The van der Waals surface area contributed by atoms with Gasteiger partial charge in [0.05, 0.1) is 22.9 Å². The third-order valence-corrected chi connectivity index (χ3v) is 2.33. The van der Waals surface area contributed by atoms with Gasteiger partial charge in [0.2, 0.25) is 5.82 Å². The van der Waals surface area contributed by atoms with Crippen LogP contribution >= 0.6 is 0 Å². The molecule has 1 aromatic carbocycles. The second-order valence-corrected chi connectivity index (χ2v) is 3.66. The highest BCUT2D eigenvalue weighted by molar-refractivity contribution is 6.01. The van der Waals surface area contributed by atoms with Crippen LogP contribution in [0.2, 0.25) is 0 Å². The van der Waals surface area contributed by atoms with Crippen molar-refractivity contribution in [1.29, 1.82) is 5.26 Å². The Kier molecular flexibility index (Phi) is 3.39. The van der Waals surface area contributed by atoms with Crippen LogP contribution in [0.5, 0.6) is 0 Å². The standard InChI is InChI=1S/C11H6F3N5O/c12-11(13,14)7-3-6(4-15)1-2-8(7)18-10(20)9-16-5-17-19-9/h1-3,5H,(H,18,20)(H,16,17,19). The summed E-state index contributed by atoms with van der Waals surface area (Å²) >= 11 is 0. The Bertz CT molecular complexity index is 672. The Balaban J connectivity index is 2.37. The van der Waals surface area contributed by atoms with Crippen LogP contribution in [0, 0.1) is 11.3 Å². The molecule has 6 nitrogen and oxygen atoms in total. The van der Waals surface area contributed by atoms with E-state index in [4.69, 9.17) is 5.26 Å². The minimum absolute atomic E-state index is 0.157. The van der Waals surface area contributed by atoms with Gasteiger partial charge in [-0.3, -0.25) is 9.89 Å². The number of nitrogens with zero attached hydrogens (tertiary/aromatic N) is 3. The Labute approximate surface area is 110 Å². The van der Waals surface area contributed by atoms with Crippen LogP contribution in [0.3, 0.4) is 0 Å². The molecule has 2 rings (SSSR count). The van der Waals surface area contributed by atoms with Crippen molar-refractivity contribution in [2.75, 3.05) is 5.32 Å². The smallest absolute Gasteiger partial charge is 0.319 e. The van der Waals surface area contributed by atoms with Crippen molar-refractivity contribution in [2.24, 2.45) is 0 Å². The first kappa shape index (κ1) is 13.5. The first-order chi connectivity index (χ1) is 9.41. The number of H-pyrrole nitrogens is 1. The molecule has 0 saturated heterocycles. The first-order valence-electron chi connectivity index (χ1n) is 5.20. The molecule has 0 bridgehead atoms. The Hall–Kier alpha value is -2.89. The molecule has 0 radical (unpaired) electrons. The van der Waals surface area contributed by atoms with E-state index in [1.165, 1.54) is 6.07 Å². The van der Waals surface area contributed by atoms with Gasteiger partial charge in [0, 0.05) is 0 Å². The zero-order chi connectivity index (χ0) is 14.8. The monoisotopic (exact) mass is 281 g/mol. The largest absolute Gasteiger partial charge is 0.418 e. The molecule has 102 valence electrons. The fraction of sp³-hybridized carbons (Fsp3) is 0.0909. The number of alkyl halides is 3. The van der Waals surface area contributed by atoms with E-state index < -0.39 is 23.3 Å². The average molecular weight is 281 g/mol. The topological polar surface area (TPSA) is 94.5 Å². The van der Waals surface area contributed by atoms with E-state index in [0.29, 0.717) is 6.07 Å². The molecule has 0 aliphatic heterocycles. The molecule has 9 heteroatoms. The van der Waals surface area contributed by atoms with E-state index in [1.807, 2.05) is 0 Å². The summed E-state index contributed by atoms with van der Waals surface area (Å²) in [6, 6.07) is 4.45. The van der Waals surface area contributed by atoms with E-state index in [-0.39, 0.29) is 11.4 Å². The Morgan fingerprint density at radius 3 is 2.70 bits per heavy atom. The molecule has 1 aromatic heterocycles.